The first kappa shape index (κ1) is 10.5. The molecule has 2 aromatic heterocycles. The summed E-state index contributed by atoms with van der Waals surface area (Å²) in [5.41, 5.74) is 7.29. The van der Waals surface area contributed by atoms with E-state index < -0.39 is 0 Å². The number of hydrogen-bond acceptors (Lipinski definition) is 4. The lowest BCUT2D eigenvalue weighted by Crippen LogP contribution is -1.84. The molecule has 0 amide bonds. The van der Waals surface area contributed by atoms with Crippen molar-refractivity contribution in [3.8, 4) is 11.7 Å². The van der Waals surface area contributed by atoms with Crippen molar-refractivity contribution < 1.29 is 8.83 Å². The minimum absolute atomic E-state index is 0.278. The van der Waals surface area contributed by atoms with E-state index in [-0.39, 0.29) is 5.22 Å². The second-order valence-corrected chi connectivity index (χ2v) is 4.24. The minimum atomic E-state index is 0.278. The molecule has 1 aromatic carbocycles. The van der Waals surface area contributed by atoms with Gasteiger partial charge in [0.1, 0.15) is 5.52 Å². The smallest absolute Gasteiger partial charge is 0.264 e. The van der Waals surface area contributed by atoms with E-state index in [2.05, 4.69) is 4.98 Å². The lowest BCUT2D eigenvalue weighted by atomic mass is 10.3. The van der Waals surface area contributed by atoms with E-state index in [1.54, 1.807) is 24.3 Å². The maximum atomic E-state index is 5.90. The van der Waals surface area contributed by atoms with Crippen molar-refractivity contribution in [3.63, 3.8) is 0 Å². The molecule has 0 atom stereocenters. The molecule has 0 aliphatic rings. The van der Waals surface area contributed by atoms with Gasteiger partial charge in [-0.25, -0.2) is 4.98 Å². The molecule has 0 bridgehead atoms. The summed E-state index contributed by atoms with van der Waals surface area (Å²) < 4.78 is 10.7. The molecule has 3 rings (SSSR count). The van der Waals surface area contributed by atoms with Gasteiger partial charge in [-0.1, -0.05) is 11.6 Å². The largest absolute Gasteiger partial charge is 0.440 e. The van der Waals surface area contributed by atoms with Gasteiger partial charge in [0.05, 0.1) is 10.7 Å². The first-order valence-electron chi connectivity index (χ1n) is 4.75. The molecule has 0 aliphatic carbocycles. The molecule has 4 nitrogen and oxygen atoms in total. The van der Waals surface area contributed by atoms with E-state index in [0.717, 1.165) is 0 Å². The molecule has 2 N–H and O–H groups in total. The number of rotatable bonds is 1. The molecule has 6 heteroatoms. The molecule has 0 aliphatic heterocycles. The molecular formula is C11H6Cl2N2O2. The van der Waals surface area contributed by atoms with Gasteiger partial charge in [-0.15, -0.1) is 0 Å². The number of aromatic nitrogens is 1. The van der Waals surface area contributed by atoms with Gasteiger partial charge >= 0.3 is 0 Å². The summed E-state index contributed by atoms with van der Waals surface area (Å²) >= 11 is 11.6. The van der Waals surface area contributed by atoms with Crippen LogP contribution in [0.2, 0.25) is 10.2 Å². The topological polar surface area (TPSA) is 65.2 Å². The van der Waals surface area contributed by atoms with Crippen LogP contribution < -0.4 is 5.73 Å². The number of oxazole rings is 1. The summed E-state index contributed by atoms with van der Waals surface area (Å²) in [4.78, 5) is 4.24. The number of nitrogen functional groups attached to an aromatic ring is 1. The highest BCUT2D eigenvalue weighted by Gasteiger charge is 2.13. The number of benzene rings is 1. The van der Waals surface area contributed by atoms with Crippen molar-refractivity contribution >= 4 is 40.0 Å². The maximum absolute atomic E-state index is 5.90. The van der Waals surface area contributed by atoms with Gasteiger partial charge < -0.3 is 14.6 Å². The number of halogens is 2. The van der Waals surface area contributed by atoms with Gasteiger partial charge in [0.2, 0.25) is 0 Å². The van der Waals surface area contributed by atoms with Crippen LogP contribution in [-0.2, 0) is 0 Å². The van der Waals surface area contributed by atoms with Crippen molar-refractivity contribution in [1.29, 1.82) is 0 Å². The van der Waals surface area contributed by atoms with Gasteiger partial charge in [0.25, 0.3) is 5.89 Å². The van der Waals surface area contributed by atoms with Gasteiger partial charge in [0.15, 0.2) is 16.6 Å². The summed E-state index contributed by atoms with van der Waals surface area (Å²) in [5, 5.41) is 0.717. The number of fused-ring (bicyclic) bond motifs is 1. The first-order chi connectivity index (χ1) is 8.13. The van der Waals surface area contributed by atoms with Crippen LogP contribution in [0, 0.1) is 0 Å². The Morgan fingerprint density at radius 3 is 2.65 bits per heavy atom. The van der Waals surface area contributed by atoms with Crippen LogP contribution >= 0.6 is 23.2 Å². The van der Waals surface area contributed by atoms with Gasteiger partial charge in [-0.05, 0) is 29.8 Å². The van der Waals surface area contributed by atoms with Gasteiger partial charge in [0, 0.05) is 6.07 Å². The summed E-state index contributed by atoms with van der Waals surface area (Å²) in [6.45, 7) is 0. The van der Waals surface area contributed by atoms with Crippen LogP contribution in [-0.4, -0.2) is 4.98 Å². The van der Waals surface area contributed by atoms with Crippen LogP contribution in [0.25, 0.3) is 22.8 Å². The predicted molar refractivity (Wildman–Crippen MR) is 66.1 cm³/mol. The molecule has 0 saturated heterocycles. The van der Waals surface area contributed by atoms with Crippen LogP contribution in [0.4, 0.5) is 5.69 Å². The highest BCUT2D eigenvalue weighted by molar-refractivity contribution is 6.33. The minimum Gasteiger partial charge on any atom is -0.440 e. The van der Waals surface area contributed by atoms with E-state index in [4.69, 9.17) is 37.8 Å². The average molecular weight is 269 g/mol. The summed E-state index contributed by atoms with van der Waals surface area (Å²) in [6, 6.07) is 6.56. The Hall–Kier alpha value is -1.65. The monoisotopic (exact) mass is 268 g/mol. The number of anilines is 1. The molecule has 0 fully saturated rings. The predicted octanol–water partition coefficient (Wildman–Crippen LogP) is 3.98. The summed E-state index contributed by atoms with van der Waals surface area (Å²) in [7, 11) is 0. The molecule has 0 spiro atoms. The maximum Gasteiger partial charge on any atom is 0.264 e. The molecule has 86 valence electrons. The lowest BCUT2D eigenvalue weighted by molar-refractivity contribution is 0.536. The van der Waals surface area contributed by atoms with Crippen molar-refractivity contribution in [1.82, 2.24) is 4.98 Å². The van der Waals surface area contributed by atoms with Crippen molar-refractivity contribution in [3.05, 3.63) is 34.5 Å². The Bertz CT molecular complexity index is 664. The van der Waals surface area contributed by atoms with Crippen LogP contribution in [0.15, 0.2) is 33.1 Å². The Labute approximate surface area is 106 Å². The van der Waals surface area contributed by atoms with E-state index in [9.17, 15) is 0 Å². The third-order valence-electron chi connectivity index (χ3n) is 2.29. The Balaban J connectivity index is 2.19. The van der Waals surface area contributed by atoms with Crippen molar-refractivity contribution in [2.75, 3.05) is 5.73 Å². The van der Waals surface area contributed by atoms with Crippen molar-refractivity contribution in [2.45, 2.75) is 0 Å². The summed E-state index contributed by atoms with van der Waals surface area (Å²) in [6.07, 6.45) is 0. The van der Waals surface area contributed by atoms with E-state index in [1.807, 2.05) is 0 Å². The van der Waals surface area contributed by atoms with Crippen LogP contribution in [0.1, 0.15) is 0 Å². The SMILES string of the molecule is Nc1cc2oc(-c3ccc(Cl)o3)nc2cc1Cl. The summed E-state index contributed by atoms with van der Waals surface area (Å²) in [5.74, 6) is 0.800. The number of nitrogens with zero attached hydrogens (tertiary/aromatic N) is 1. The fourth-order valence-electron chi connectivity index (χ4n) is 1.50. The standard InChI is InChI=1S/C11H6Cl2N2O2/c12-5-3-7-9(4-6(5)14)17-11(15-7)8-1-2-10(13)16-8/h1-4H,14H2. The number of hydrogen-bond donors (Lipinski definition) is 1. The third-order valence-corrected chi connectivity index (χ3v) is 2.82. The highest BCUT2D eigenvalue weighted by Crippen LogP contribution is 2.31. The molecule has 0 radical (unpaired) electrons. The van der Waals surface area contributed by atoms with E-state index >= 15 is 0 Å². The highest BCUT2D eigenvalue weighted by atomic mass is 35.5. The Morgan fingerprint density at radius 2 is 1.94 bits per heavy atom. The van der Waals surface area contributed by atoms with Gasteiger partial charge in [-0.3, -0.25) is 0 Å². The van der Waals surface area contributed by atoms with E-state index in [0.29, 0.717) is 33.5 Å². The second kappa shape index (κ2) is 3.68. The third kappa shape index (κ3) is 1.75. The van der Waals surface area contributed by atoms with E-state index in [1.165, 1.54) is 0 Å². The molecule has 0 unspecified atom stereocenters. The molecular weight excluding hydrogens is 263 g/mol. The number of furan rings is 1. The normalized spacial score (nSPS) is 11.2. The zero-order valence-electron chi connectivity index (χ0n) is 8.41. The zero-order valence-corrected chi connectivity index (χ0v) is 9.92. The molecule has 0 saturated carbocycles. The first-order valence-corrected chi connectivity index (χ1v) is 5.50. The number of nitrogens with two attached hydrogens (primary N) is 1. The van der Waals surface area contributed by atoms with Crippen LogP contribution in [0.5, 0.6) is 0 Å². The Morgan fingerprint density at radius 1 is 1.12 bits per heavy atom. The van der Waals surface area contributed by atoms with Crippen molar-refractivity contribution in [2.24, 2.45) is 0 Å². The lowest BCUT2D eigenvalue weighted by Gasteiger charge is -1.94. The van der Waals surface area contributed by atoms with Crippen LogP contribution in [0.3, 0.4) is 0 Å². The fraction of sp³-hybridized carbons (Fsp3) is 0. The quantitative estimate of drug-likeness (QED) is 0.678. The molecule has 3 aromatic rings. The molecule has 2 heterocycles. The second-order valence-electron chi connectivity index (χ2n) is 3.46. The fourth-order valence-corrected chi connectivity index (χ4v) is 1.80. The molecule has 17 heavy (non-hydrogen) atoms. The van der Waals surface area contributed by atoms with Gasteiger partial charge in [-0.2, -0.15) is 0 Å². The zero-order chi connectivity index (χ0) is 12.0. The average Bonchev–Trinajstić information content (AvgIpc) is 2.85. The Kier molecular flexibility index (Phi) is 2.28.